The number of rotatable bonds is 5. The van der Waals surface area contributed by atoms with Crippen LogP contribution in [0.3, 0.4) is 0 Å². The lowest BCUT2D eigenvalue weighted by atomic mass is 10.3. The van der Waals surface area contributed by atoms with Crippen molar-refractivity contribution in [2.24, 2.45) is 7.05 Å². The average Bonchev–Trinajstić information content (AvgIpc) is 2.91. The number of thioether (sulfide) groups is 1. The smallest absolute Gasteiger partial charge is 0.237 e. The van der Waals surface area contributed by atoms with Crippen molar-refractivity contribution >= 4 is 46.0 Å². The molecule has 0 radical (unpaired) electrons. The number of halogens is 1. The fourth-order valence-corrected chi connectivity index (χ4v) is 3.51. The summed E-state index contributed by atoms with van der Waals surface area (Å²) in [5.41, 5.74) is 2.50. The van der Waals surface area contributed by atoms with E-state index in [1.807, 2.05) is 42.8 Å². The van der Waals surface area contributed by atoms with Crippen LogP contribution in [0, 0.1) is 0 Å². The van der Waals surface area contributed by atoms with Crippen molar-refractivity contribution in [3.05, 3.63) is 47.5 Å². The van der Waals surface area contributed by atoms with Gasteiger partial charge >= 0.3 is 0 Å². The quantitative estimate of drug-likeness (QED) is 0.673. The zero-order valence-electron chi connectivity index (χ0n) is 14.1. The number of methoxy groups -OCH3 is 1. The third-order valence-corrected chi connectivity index (χ3v) is 5.20. The first-order chi connectivity index (χ1) is 12.0. The minimum absolute atomic E-state index is 0.141. The molecule has 1 N–H and O–H groups in total. The van der Waals surface area contributed by atoms with Crippen LogP contribution in [-0.4, -0.2) is 27.8 Å². The summed E-state index contributed by atoms with van der Waals surface area (Å²) >= 11 is 7.41. The molecule has 0 aliphatic heterocycles. The molecule has 130 valence electrons. The lowest BCUT2D eigenvalue weighted by Gasteiger charge is -2.14. The number of nitrogens with zero attached hydrogens (tertiary/aromatic N) is 2. The summed E-state index contributed by atoms with van der Waals surface area (Å²) < 4.78 is 7.25. The van der Waals surface area contributed by atoms with Crippen LogP contribution < -0.4 is 10.1 Å². The predicted molar refractivity (Wildman–Crippen MR) is 103 cm³/mol. The van der Waals surface area contributed by atoms with E-state index >= 15 is 0 Å². The Hall–Kier alpha value is -2.18. The topological polar surface area (TPSA) is 56.1 Å². The maximum Gasteiger partial charge on any atom is 0.237 e. The van der Waals surface area contributed by atoms with E-state index < -0.39 is 0 Å². The zero-order chi connectivity index (χ0) is 18.0. The van der Waals surface area contributed by atoms with Crippen molar-refractivity contribution in [2.45, 2.75) is 17.3 Å². The molecule has 25 heavy (non-hydrogen) atoms. The molecule has 0 aliphatic carbocycles. The van der Waals surface area contributed by atoms with Crippen LogP contribution in [0.15, 0.2) is 47.6 Å². The number of carbonyl (C=O) groups excluding carboxylic acids is 1. The summed E-state index contributed by atoms with van der Waals surface area (Å²) in [6.07, 6.45) is 0. The van der Waals surface area contributed by atoms with E-state index in [1.165, 1.54) is 11.8 Å². The number of anilines is 1. The van der Waals surface area contributed by atoms with Gasteiger partial charge in [0.2, 0.25) is 5.91 Å². The number of imidazole rings is 1. The lowest BCUT2D eigenvalue weighted by molar-refractivity contribution is -0.115. The molecule has 0 fully saturated rings. The monoisotopic (exact) mass is 375 g/mol. The molecule has 0 bridgehead atoms. The van der Waals surface area contributed by atoms with Crippen LogP contribution in [0.1, 0.15) is 6.92 Å². The van der Waals surface area contributed by atoms with Gasteiger partial charge in [-0.1, -0.05) is 35.5 Å². The first-order valence-electron chi connectivity index (χ1n) is 7.72. The van der Waals surface area contributed by atoms with Gasteiger partial charge in [0.05, 0.1) is 29.1 Å². The van der Waals surface area contributed by atoms with E-state index in [-0.39, 0.29) is 11.2 Å². The van der Waals surface area contributed by atoms with Crippen LogP contribution >= 0.6 is 23.4 Å². The summed E-state index contributed by atoms with van der Waals surface area (Å²) in [7, 11) is 3.50. The Morgan fingerprint density at radius 2 is 2.08 bits per heavy atom. The van der Waals surface area contributed by atoms with E-state index in [9.17, 15) is 4.79 Å². The molecule has 5 nitrogen and oxygen atoms in total. The summed E-state index contributed by atoms with van der Waals surface area (Å²) in [5.74, 6) is 0.426. The van der Waals surface area contributed by atoms with Gasteiger partial charge in [-0.3, -0.25) is 4.79 Å². The molecule has 1 aromatic heterocycles. The second kappa shape index (κ2) is 7.37. The number of ether oxygens (including phenoxy) is 1. The van der Waals surface area contributed by atoms with Gasteiger partial charge in [-0.2, -0.15) is 0 Å². The maximum absolute atomic E-state index is 12.6. The highest BCUT2D eigenvalue weighted by Gasteiger charge is 2.19. The maximum atomic E-state index is 12.6. The minimum atomic E-state index is -0.334. The van der Waals surface area contributed by atoms with Gasteiger partial charge in [-0.15, -0.1) is 0 Å². The highest BCUT2D eigenvalue weighted by Crippen LogP contribution is 2.30. The highest BCUT2D eigenvalue weighted by molar-refractivity contribution is 8.00. The standard InChI is InChI=1S/C18H18ClN3O2S/c1-11(17(23)20-14-10-12(19)8-9-16(14)24-3)25-18-21-13-6-4-5-7-15(13)22(18)2/h4-11H,1-3H3,(H,20,23)/t11-/m1/s1. The van der Waals surface area contributed by atoms with Crippen LogP contribution in [0.5, 0.6) is 5.75 Å². The number of carbonyl (C=O) groups is 1. The summed E-state index contributed by atoms with van der Waals surface area (Å²) in [5, 5.41) is 3.86. The Bertz CT molecular complexity index is 926. The highest BCUT2D eigenvalue weighted by atomic mass is 35.5. The Morgan fingerprint density at radius 3 is 2.80 bits per heavy atom. The van der Waals surface area contributed by atoms with Crippen LogP contribution in [0.25, 0.3) is 11.0 Å². The van der Waals surface area contributed by atoms with Gasteiger partial charge in [-0.25, -0.2) is 4.98 Å². The molecular formula is C18H18ClN3O2S. The van der Waals surface area contributed by atoms with Gasteiger partial charge in [0.1, 0.15) is 5.75 Å². The van der Waals surface area contributed by atoms with E-state index in [1.54, 1.807) is 25.3 Å². The van der Waals surface area contributed by atoms with Crippen LogP contribution in [0.4, 0.5) is 5.69 Å². The van der Waals surface area contributed by atoms with E-state index in [0.29, 0.717) is 16.5 Å². The Morgan fingerprint density at radius 1 is 1.32 bits per heavy atom. The van der Waals surface area contributed by atoms with Gasteiger partial charge in [-0.05, 0) is 37.3 Å². The molecule has 0 saturated heterocycles. The number of para-hydroxylation sites is 2. The van der Waals surface area contributed by atoms with E-state index in [0.717, 1.165) is 16.2 Å². The first-order valence-corrected chi connectivity index (χ1v) is 8.98. The SMILES string of the molecule is COc1ccc(Cl)cc1NC(=O)[C@@H](C)Sc1nc2ccccc2n1C. The van der Waals surface area contributed by atoms with E-state index in [2.05, 4.69) is 10.3 Å². The fraction of sp³-hybridized carbons (Fsp3) is 0.222. The Kier molecular flexibility index (Phi) is 5.20. The van der Waals surface area contributed by atoms with Crippen molar-refractivity contribution in [2.75, 3.05) is 12.4 Å². The number of hydrogen-bond donors (Lipinski definition) is 1. The van der Waals surface area contributed by atoms with Gasteiger partial charge < -0.3 is 14.6 Å². The molecule has 2 aromatic carbocycles. The molecule has 3 aromatic rings. The molecule has 0 spiro atoms. The van der Waals surface area contributed by atoms with E-state index in [4.69, 9.17) is 16.3 Å². The van der Waals surface area contributed by atoms with Crippen molar-refractivity contribution in [3.63, 3.8) is 0 Å². The summed E-state index contributed by atoms with van der Waals surface area (Å²) in [6, 6.07) is 13.0. The number of benzene rings is 2. The Labute approximate surface area is 155 Å². The Balaban J connectivity index is 1.76. The van der Waals surface area contributed by atoms with Crippen LogP contribution in [0.2, 0.25) is 5.02 Å². The molecule has 0 unspecified atom stereocenters. The lowest BCUT2D eigenvalue weighted by Crippen LogP contribution is -2.23. The van der Waals surface area contributed by atoms with Gasteiger partial charge in [0.25, 0.3) is 0 Å². The molecular weight excluding hydrogens is 358 g/mol. The second-order valence-corrected chi connectivity index (χ2v) is 7.28. The van der Waals surface area contributed by atoms with Crippen LogP contribution in [-0.2, 0) is 11.8 Å². The zero-order valence-corrected chi connectivity index (χ0v) is 15.7. The largest absolute Gasteiger partial charge is 0.495 e. The van der Waals surface area contributed by atoms with Gasteiger partial charge in [0.15, 0.2) is 5.16 Å². The molecule has 0 aliphatic rings. The van der Waals surface area contributed by atoms with Crippen molar-refractivity contribution in [1.82, 2.24) is 9.55 Å². The summed E-state index contributed by atoms with van der Waals surface area (Å²) in [4.78, 5) is 17.1. The van der Waals surface area contributed by atoms with Crippen molar-refractivity contribution in [1.29, 1.82) is 0 Å². The number of aryl methyl sites for hydroxylation is 1. The predicted octanol–water partition coefficient (Wildman–Crippen LogP) is 4.35. The molecule has 7 heteroatoms. The molecule has 0 saturated carbocycles. The number of fused-ring (bicyclic) bond motifs is 1. The van der Waals surface area contributed by atoms with Crippen molar-refractivity contribution < 1.29 is 9.53 Å². The normalized spacial score (nSPS) is 12.2. The number of hydrogen-bond acceptors (Lipinski definition) is 4. The van der Waals surface area contributed by atoms with Gasteiger partial charge in [0, 0.05) is 12.1 Å². The fourth-order valence-electron chi connectivity index (χ4n) is 2.45. The number of amides is 1. The summed E-state index contributed by atoms with van der Waals surface area (Å²) in [6.45, 7) is 1.84. The number of nitrogens with one attached hydrogen (secondary N) is 1. The third-order valence-electron chi connectivity index (χ3n) is 3.82. The minimum Gasteiger partial charge on any atom is -0.495 e. The number of aromatic nitrogens is 2. The van der Waals surface area contributed by atoms with Crippen molar-refractivity contribution in [3.8, 4) is 5.75 Å². The second-order valence-electron chi connectivity index (χ2n) is 5.54. The molecule has 3 rings (SSSR count). The molecule has 1 atom stereocenters. The first kappa shape index (κ1) is 17.6. The molecule has 1 heterocycles. The molecule has 1 amide bonds. The third kappa shape index (κ3) is 3.75. The average molecular weight is 376 g/mol.